The molecule has 2 aromatic rings. The molecule has 1 N–H and O–H groups in total. The fraction of sp³-hybridized carbons (Fsp3) is 0.368. The van der Waals surface area contributed by atoms with Crippen LogP contribution < -0.4 is 14.8 Å². The van der Waals surface area contributed by atoms with E-state index in [4.69, 9.17) is 9.47 Å². The molecule has 0 aromatic heterocycles. The molecule has 0 bridgehead atoms. The van der Waals surface area contributed by atoms with E-state index in [2.05, 4.69) is 43.4 Å². The molecular formula is C19H23NO2. The Labute approximate surface area is 132 Å². The van der Waals surface area contributed by atoms with Crippen LogP contribution in [0.25, 0.3) is 0 Å². The fourth-order valence-corrected chi connectivity index (χ4v) is 3.16. The zero-order chi connectivity index (χ0) is 15.7. The lowest BCUT2D eigenvalue weighted by atomic mass is 9.88. The number of hydrogen-bond acceptors (Lipinski definition) is 3. The predicted molar refractivity (Wildman–Crippen MR) is 89.0 cm³/mol. The fourth-order valence-electron chi connectivity index (χ4n) is 3.16. The minimum atomic E-state index is 0.170. The highest BCUT2D eigenvalue weighted by molar-refractivity contribution is 5.50. The third-order valence-corrected chi connectivity index (χ3v) is 4.56. The molecule has 0 fully saturated rings. The quantitative estimate of drug-likeness (QED) is 0.939. The summed E-state index contributed by atoms with van der Waals surface area (Å²) in [5, 5.41) is 3.63. The Kier molecular flexibility index (Phi) is 4.08. The molecule has 1 atom stereocenters. The van der Waals surface area contributed by atoms with Gasteiger partial charge >= 0.3 is 0 Å². The van der Waals surface area contributed by atoms with E-state index in [1.807, 2.05) is 6.07 Å². The van der Waals surface area contributed by atoms with E-state index in [0.717, 1.165) is 24.5 Å². The summed E-state index contributed by atoms with van der Waals surface area (Å²) < 4.78 is 11.0. The first kappa shape index (κ1) is 14.9. The number of rotatable bonds is 3. The summed E-state index contributed by atoms with van der Waals surface area (Å²) in [5.41, 5.74) is 6.42. The average Bonchev–Trinajstić information content (AvgIpc) is 2.55. The average molecular weight is 297 g/mol. The van der Waals surface area contributed by atoms with Crippen LogP contribution >= 0.6 is 0 Å². The van der Waals surface area contributed by atoms with Gasteiger partial charge in [-0.15, -0.1) is 0 Å². The number of nitrogens with one attached hydrogen (secondary N) is 1. The Hall–Kier alpha value is -2.00. The zero-order valence-electron chi connectivity index (χ0n) is 13.7. The third-order valence-electron chi connectivity index (χ3n) is 4.56. The van der Waals surface area contributed by atoms with E-state index in [1.54, 1.807) is 14.2 Å². The first-order valence-corrected chi connectivity index (χ1v) is 7.69. The number of ether oxygens (including phenoxy) is 2. The molecule has 0 spiro atoms. The largest absolute Gasteiger partial charge is 0.497 e. The van der Waals surface area contributed by atoms with Crippen LogP contribution in [0.2, 0.25) is 0 Å². The van der Waals surface area contributed by atoms with E-state index in [1.165, 1.54) is 27.8 Å². The molecule has 1 unspecified atom stereocenters. The Morgan fingerprint density at radius 3 is 2.45 bits per heavy atom. The van der Waals surface area contributed by atoms with Gasteiger partial charge in [0.25, 0.3) is 0 Å². The number of fused-ring (bicyclic) bond motifs is 1. The van der Waals surface area contributed by atoms with Gasteiger partial charge in [-0.1, -0.05) is 12.1 Å². The second-order valence-electron chi connectivity index (χ2n) is 5.88. The van der Waals surface area contributed by atoms with Gasteiger partial charge in [0, 0.05) is 12.1 Å². The minimum absolute atomic E-state index is 0.170. The van der Waals surface area contributed by atoms with Gasteiger partial charge in [-0.25, -0.2) is 0 Å². The number of hydrogen-bond donors (Lipinski definition) is 1. The summed E-state index contributed by atoms with van der Waals surface area (Å²) in [6, 6.07) is 10.9. The molecule has 22 heavy (non-hydrogen) atoms. The van der Waals surface area contributed by atoms with Crippen molar-refractivity contribution in [2.75, 3.05) is 20.8 Å². The first-order chi connectivity index (χ1) is 10.6. The van der Waals surface area contributed by atoms with Crippen LogP contribution in [0.4, 0.5) is 0 Å². The molecule has 0 saturated carbocycles. The molecular weight excluding hydrogens is 274 g/mol. The second kappa shape index (κ2) is 6.01. The van der Waals surface area contributed by atoms with E-state index in [-0.39, 0.29) is 6.04 Å². The van der Waals surface area contributed by atoms with Gasteiger partial charge in [-0.05, 0) is 60.7 Å². The predicted octanol–water partition coefficient (Wildman–Crippen LogP) is 3.56. The zero-order valence-corrected chi connectivity index (χ0v) is 13.7. The summed E-state index contributed by atoms with van der Waals surface area (Å²) >= 11 is 0. The normalized spacial score (nSPS) is 17.0. The van der Waals surface area contributed by atoms with Gasteiger partial charge in [0.1, 0.15) is 11.5 Å². The highest BCUT2D eigenvalue weighted by Gasteiger charge is 2.24. The van der Waals surface area contributed by atoms with Crippen molar-refractivity contribution < 1.29 is 9.47 Å². The van der Waals surface area contributed by atoms with Gasteiger partial charge in [0.15, 0.2) is 0 Å². The number of benzene rings is 2. The van der Waals surface area contributed by atoms with Crippen molar-refractivity contribution in [3.63, 3.8) is 0 Å². The van der Waals surface area contributed by atoms with Crippen LogP contribution in [0.5, 0.6) is 11.5 Å². The summed E-state index contributed by atoms with van der Waals surface area (Å²) in [5.74, 6) is 1.87. The Bertz CT molecular complexity index is 694. The molecule has 0 aliphatic carbocycles. The lowest BCUT2D eigenvalue weighted by Crippen LogP contribution is -2.31. The Balaban J connectivity index is 2.10. The van der Waals surface area contributed by atoms with Gasteiger partial charge < -0.3 is 14.8 Å². The van der Waals surface area contributed by atoms with Crippen molar-refractivity contribution in [3.05, 3.63) is 58.1 Å². The number of aryl methyl sites for hydroxylation is 2. The molecule has 3 nitrogen and oxygen atoms in total. The van der Waals surface area contributed by atoms with Crippen molar-refractivity contribution in [3.8, 4) is 11.5 Å². The van der Waals surface area contributed by atoms with Gasteiger partial charge in [0.05, 0.1) is 20.3 Å². The summed E-state index contributed by atoms with van der Waals surface area (Å²) in [6.45, 7) is 5.23. The van der Waals surface area contributed by atoms with E-state index < -0.39 is 0 Å². The van der Waals surface area contributed by atoms with Crippen LogP contribution in [0.1, 0.15) is 33.9 Å². The van der Waals surface area contributed by atoms with Crippen molar-refractivity contribution in [1.29, 1.82) is 0 Å². The summed E-state index contributed by atoms with van der Waals surface area (Å²) in [4.78, 5) is 0. The topological polar surface area (TPSA) is 30.5 Å². The maximum atomic E-state index is 5.63. The minimum Gasteiger partial charge on any atom is -0.497 e. The molecule has 1 heterocycles. The molecule has 2 aromatic carbocycles. The highest BCUT2D eigenvalue weighted by atomic mass is 16.5. The van der Waals surface area contributed by atoms with Gasteiger partial charge in [-0.2, -0.15) is 0 Å². The standard InChI is InChI=1S/C19H23NO2/c1-12-9-17(18(22-4)10-13(12)2)19-16-6-5-15(21-3)11-14(16)7-8-20-19/h5-6,9-11,19-20H,7-8H2,1-4H3. The molecule has 116 valence electrons. The van der Waals surface area contributed by atoms with Gasteiger partial charge in [-0.3, -0.25) is 0 Å². The maximum Gasteiger partial charge on any atom is 0.124 e. The van der Waals surface area contributed by atoms with Crippen molar-refractivity contribution in [1.82, 2.24) is 5.32 Å². The van der Waals surface area contributed by atoms with E-state index in [9.17, 15) is 0 Å². The van der Waals surface area contributed by atoms with Gasteiger partial charge in [0.2, 0.25) is 0 Å². The molecule has 0 saturated heterocycles. The van der Waals surface area contributed by atoms with Crippen molar-refractivity contribution in [2.24, 2.45) is 0 Å². The molecule has 3 rings (SSSR count). The van der Waals surface area contributed by atoms with Crippen molar-refractivity contribution in [2.45, 2.75) is 26.3 Å². The Morgan fingerprint density at radius 1 is 0.955 bits per heavy atom. The van der Waals surface area contributed by atoms with E-state index in [0.29, 0.717) is 0 Å². The number of methoxy groups -OCH3 is 2. The van der Waals surface area contributed by atoms with Crippen LogP contribution in [0.15, 0.2) is 30.3 Å². The van der Waals surface area contributed by atoms with Crippen LogP contribution in [0.3, 0.4) is 0 Å². The highest BCUT2D eigenvalue weighted by Crippen LogP contribution is 2.36. The monoisotopic (exact) mass is 297 g/mol. The molecule has 0 radical (unpaired) electrons. The lowest BCUT2D eigenvalue weighted by molar-refractivity contribution is 0.401. The lowest BCUT2D eigenvalue weighted by Gasteiger charge is -2.29. The summed E-state index contributed by atoms with van der Waals surface area (Å²) in [7, 11) is 3.46. The van der Waals surface area contributed by atoms with Crippen LogP contribution in [0, 0.1) is 13.8 Å². The third kappa shape index (κ3) is 2.57. The second-order valence-corrected chi connectivity index (χ2v) is 5.88. The van der Waals surface area contributed by atoms with Crippen molar-refractivity contribution >= 4 is 0 Å². The van der Waals surface area contributed by atoms with Crippen LogP contribution in [-0.4, -0.2) is 20.8 Å². The molecule has 3 heteroatoms. The first-order valence-electron chi connectivity index (χ1n) is 7.69. The summed E-state index contributed by atoms with van der Waals surface area (Å²) in [6.07, 6.45) is 1.02. The van der Waals surface area contributed by atoms with E-state index >= 15 is 0 Å². The maximum absolute atomic E-state index is 5.63. The SMILES string of the molecule is COc1ccc2c(c1)CCNC2c1cc(C)c(C)cc1OC. The smallest absolute Gasteiger partial charge is 0.124 e. The molecule has 1 aliphatic heterocycles. The Morgan fingerprint density at radius 2 is 1.73 bits per heavy atom. The molecule has 0 amide bonds. The molecule has 1 aliphatic rings. The van der Waals surface area contributed by atoms with Crippen LogP contribution in [-0.2, 0) is 6.42 Å².